The SMILES string of the molecule is CC(=O)N1CCN(C(=O)Cc2csc(NC(=O)c3ncccn3)n2)CC1. The van der Waals surface area contributed by atoms with Gasteiger partial charge in [-0.1, -0.05) is 0 Å². The van der Waals surface area contributed by atoms with Gasteiger partial charge in [0.2, 0.25) is 17.6 Å². The summed E-state index contributed by atoms with van der Waals surface area (Å²) in [6, 6.07) is 1.63. The van der Waals surface area contributed by atoms with Gasteiger partial charge in [-0.15, -0.1) is 11.3 Å². The van der Waals surface area contributed by atoms with E-state index in [-0.39, 0.29) is 24.1 Å². The van der Waals surface area contributed by atoms with Crippen LogP contribution in [0.15, 0.2) is 23.8 Å². The third-order valence-corrected chi connectivity index (χ3v) is 4.76. The first kappa shape index (κ1) is 17.9. The molecule has 0 saturated carbocycles. The van der Waals surface area contributed by atoms with Crippen molar-refractivity contribution in [1.29, 1.82) is 0 Å². The summed E-state index contributed by atoms with van der Waals surface area (Å²) in [4.78, 5) is 51.2. The molecule has 0 bridgehead atoms. The summed E-state index contributed by atoms with van der Waals surface area (Å²) in [5.41, 5.74) is 0.596. The van der Waals surface area contributed by atoms with Gasteiger partial charge in [-0.2, -0.15) is 0 Å². The molecule has 0 aliphatic carbocycles. The second kappa shape index (κ2) is 8.00. The molecule has 1 N–H and O–H groups in total. The molecule has 0 unspecified atom stereocenters. The number of rotatable bonds is 4. The molecular weight excluding hydrogens is 356 g/mol. The number of nitrogens with one attached hydrogen (secondary N) is 1. The summed E-state index contributed by atoms with van der Waals surface area (Å²) < 4.78 is 0. The van der Waals surface area contributed by atoms with E-state index < -0.39 is 5.91 Å². The topological polar surface area (TPSA) is 108 Å². The highest BCUT2D eigenvalue weighted by molar-refractivity contribution is 7.14. The Morgan fingerprint density at radius 2 is 1.77 bits per heavy atom. The third-order valence-electron chi connectivity index (χ3n) is 3.95. The molecule has 0 radical (unpaired) electrons. The summed E-state index contributed by atoms with van der Waals surface area (Å²) in [5, 5.41) is 4.76. The molecule has 2 aromatic heterocycles. The first-order chi connectivity index (χ1) is 12.5. The second-order valence-corrected chi connectivity index (χ2v) is 6.59. The van der Waals surface area contributed by atoms with Crippen LogP contribution >= 0.6 is 11.3 Å². The summed E-state index contributed by atoms with van der Waals surface area (Å²) in [7, 11) is 0. The molecule has 2 aromatic rings. The minimum Gasteiger partial charge on any atom is -0.339 e. The first-order valence-electron chi connectivity index (χ1n) is 8.09. The Morgan fingerprint density at radius 1 is 1.12 bits per heavy atom. The maximum atomic E-state index is 12.4. The Balaban J connectivity index is 1.53. The molecule has 1 aliphatic rings. The zero-order chi connectivity index (χ0) is 18.5. The van der Waals surface area contributed by atoms with Gasteiger partial charge in [0.05, 0.1) is 12.1 Å². The lowest BCUT2D eigenvalue weighted by Gasteiger charge is -2.34. The monoisotopic (exact) mass is 374 g/mol. The van der Waals surface area contributed by atoms with Gasteiger partial charge in [-0.05, 0) is 6.07 Å². The van der Waals surface area contributed by atoms with E-state index in [0.29, 0.717) is 37.0 Å². The average Bonchev–Trinajstić information content (AvgIpc) is 3.09. The molecule has 3 amide bonds. The Hall–Kier alpha value is -2.88. The number of hydrogen-bond donors (Lipinski definition) is 1. The van der Waals surface area contributed by atoms with Crippen molar-refractivity contribution < 1.29 is 14.4 Å². The smallest absolute Gasteiger partial charge is 0.295 e. The summed E-state index contributed by atoms with van der Waals surface area (Å²) >= 11 is 1.24. The van der Waals surface area contributed by atoms with Gasteiger partial charge in [0, 0.05) is 50.9 Å². The van der Waals surface area contributed by atoms with Crippen LogP contribution in [0, 0.1) is 0 Å². The molecule has 3 rings (SSSR count). The molecule has 0 aromatic carbocycles. The predicted molar refractivity (Wildman–Crippen MR) is 94.6 cm³/mol. The zero-order valence-corrected chi connectivity index (χ0v) is 15.0. The minimum atomic E-state index is -0.446. The van der Waals surface area contributed by atoms with Crippen LogP contribution in [0.4, 0.5) is 5.13 Å². The fourth-order valence-corrected chi connectivity index (χ4v) is 3.26. The van der Waals surface area contributed by atoms with Crippen molar-refractivity contribution in [2.24, 2.45) is 0 Å². The summed E-state index contributed by atoms with van der Waals surface area (Å²) in [6.45, 7) is 3.69. The predicted octanol–water partition coefficient (Wildman–Crippen LogP) is 0.419. The second-order valence-electron chi connectivity index (χ2n) is 5.73. The maximum Gasteiger partial charge on any atom is 0.295 e. The Kier molecular flexibility index (Phi) is 5.52. The van der Waals surface area contributed by atoms with Crippen molar-refractivity contribution in [2.75, 3.05) is 31.5 Å². The van der Waals surface area contributed by atoms with Crippen molar-refractivity contribution in [1.82, 2.24) is 24.8 Å². The summed E-state index contributed by atoms with van der Waals surface area (Å²) in [5.74, 6) is -0.399. The van der Waals surface area contributed by atoms with Crippen molar-refractivity contribution >= 4 is 34.2 Å². The molecule has 9 nitrogen and oxygen atoms in total. The van der Waals surface area contributed by atoms with Gasteiger partial charge in [0.1, 0.15) is 0 Å². The van der Waals surface area contributed by atoms with Crippen LogP contribution < -0.4 is 5.32 Å². The molecule has 1 saturated heterocycles. The van der Waals surface area contributed by atoms with Crippen LogP contribution in [0.25, 0.3) is 0 Å². The highest BCUT2D eigenvalue weighted by Crippen LogP contribution is 2.17. The van der Waals surface area contributed by atoms with E-state index in [1.54, 1.807) is 21.2 Å². The van der Waals surface area contributed by atoms with Crippen LogP contribution in [-0.4, -0.2) is 68.7 Å². The van der Waals surface area contributed by atoms with E-state index in [4.69, 9.17) is 0 Å². The molecular formula is C16H18N6O3S. The van der Waals surface area contributed by atoms with Crippen LogP contribution in [0.5, 0.6) is 0 Å². The lowest BCUT2D eigenvalue weighted by atomic mass is 10.2. The Bertz CT molecular complexity index is 801. The van der Waals surface area contributed by atoms with Gasteiger partial charge in [0.25, 0.3) is 5.91 Å². The standard InChI is InChI=1S/C16H18N6O3S/c1-11(23)21-5-7-22(8-6-21)13(24)9-12-10-26-16(19-12)20-15(25)14-17-3-2-4-18-14/h2-4,10H,5-9H2,1H3,(H,19,20,25). The highest BCUT2D eigenvalue weighted by Gasteiger charge is 2.23. The maximum absolute atomic E-state index is 12.4. The molecule has 26 heavy (non-hydrogen) atoms. The molecule has 1 aliphatic heterocycles. The lowest BCUT2D eigenvalue weighted by Crippen LogP contribution is -2.50. The Morgan fingerprint density at radius 3 is 2.42 bits per heavy atom. The molecule has 136 valence electrons. The van der Waals surface area contributed by atoms with Crippen molar-refractivity contribution in [3.63, 3.8) is 0 Å². The Labute approximate surface area is 154 Å². The number of carbonyl (C=O) groups excluding carboxylic acids is 3. The van der Waals surface area contributed by atoms with Gasteiger partial charge in [-0.3, -0.25) is 19.7 Å². The summed E-state index contributed by atoms with van der Waals surface area (Å²) in [6.07, 6.45) is 3.13. The number of amides is 3. The van der Waals surface area contributed by atoms with Crippen LogP contribution in [0.3, 0.4) is 0 Å². The number of piperazine rings is 1. The van der Waals surface area contributed by atoms with Crippen LogP contribution in [-0.2, 0) is 16.0 Å². The van der Waals surface area contributed by atoms with E-state index in [1.165, 1.54) is 30.7 Å². The normalized spacial score (nSPS) is 14.2. The molecule has 10 heteroatoms. The zero-order valence-electron chi connectivity index (χ0n) is 14.2. The molecule has 1 fully saturated rings. The van der Waals surface area contributed by atoms with Gasteiger partial charge in [0.15, 0.2) is 5.13 Å². The fraction of sp³-hybridized carbons (Fsp3) is 0.375. The molecule has 0 spiro atoms. The number of anilines is 1. The fourth-order valence-electron chi connectivity index (χ4n) is 2.55. The number of carbonyl (C=O) groups is 3. The minimum absolute atomic E-state index is 0.0272. The number of thiazole rings is 1. The third kappa shape index (κ3) is 4.39. The van der Waals surface area contributed by atoms with E-state index in [0.717, 1.165) is 0 Å². The van der Waals surface area contributed by atoms with Gasteiger partial charge < -0.3 is 9.80 Å². The van der Waals surface area contributed by atoms with Crippen molar-refractivity contribution in [3.05, 3.63) is 35.4 Å². The van der Waals surface area contributed by atoms with E-state index in [1.807, 2.05) is 0 Å². The number of hydrogen-bond acceptors (Lipinski definition) is 7. The largest absolute Gasteiger partial charge is 0.339 e. The molecule has 0 atom stereocenters. The quantitative estimate of drug-likeness (QED) is 0.831. The van der Waals surface area contributed by atoms with Crippen LogP contribution in [0.1, 0.15) is 23.2 Å². The highest BCUT2D eigenvalue weighted by atomic mass is 32.1. The van der Waals surface area contributed by atoms with Crippen molar-refractivity contribution in [3.8, 4) is 0 Å². The molecule has 3 heterocycles. The number of nitrogens with zero attached hydrogens (tertiary/aromatic N) is 5. The van der Waals surface area contributed by atoms with Gasteiger partial charge >= 0.3 is 0 Å². The number of aromatic nitrogens is 3. The lowest BCUT2D eigenvalue weighted by molar-refractivity contribution is -0.138. The van der Waals surface area contributed by atoms with E-state index in [9.17, 15) is 14.4 Å². The first-order valence-corrected chi connectivity index (χ1v) is 8.97. The van der Waals surface area contributed by atoms with Crippen molar-refractivity contribution in [2.45, 2.75) is 13.3 Å². The average molecular weight is 374 g/mol. The van der Waals surface area contributed by atoms with Gasteiger partial charge in [-0.25, -0.2) is 15.0 Å². The van der Waals surface area contributed by atoms with Crippen LogP contribution in [0.2, 0.25) is 0 Å². The van der Waals surface area contributed by atoms with E-state index >= 15 is 0 Å². The van der Waals surface area contributed by atoms with E-state index in [2.05, 4.69) is 20.3 Å².